The van der Waals surface area contributed by atoms with E-state index in [9.17, 15) is 8.42 Å². The van der Waals surface area contributed by atoms with E-state index in [4.69, 9.17) is 0 Å². The zero-order chi connectivity index (χ0) is 14.8. The van der Waals surface area contributed by atoms with Crippen molar-refractivity contribution in [3.8, 4) is 0 Å². The molecule has 122 valence electrons. The summed E-state index contributed by atoms with van der Waals surface area (Å²) in [4.78, 5) is 4.22. The van der Waals surface area contributed by atoms with Crippen LogP contribution in [-0.2, 0) is 16.6 Å². The molecular formula is C13H25ClN4O2S. The normalized spacial score (nSPS) is 20.2. The number of rotatable bonds is 5. The molecule has 8 heteroatoms. The summed E-state index contributed by atoms with van der Waals surface area (Å²) >= 11 is 0. The zero-order valence-corrected chi connectivity index (χ0v) is 14.5. The van der Waals surface area contributed by atoms with E-state index in [-0.39, 0.29) is 17.4 Å². The topological polar surface area (TPSA) is 67.2 Å². The average Bonchev–Trinajstić information content (AvgIpc) is 2.81. The number of sulfonamides is 1. The Morgan fingerprint density at radius 3 is 2.76 bits per heavy atom. The summed E-state index contributed by atoms with van der Waals surface area (Å²) in [5.74, 6) is 1.13. The maximum Gasteiger partial charge on any atom is 0.262 e. The fourth-order valence-electron chi connectivity index (χ4n) is 2.76. The molecule has 1 atom stereocenters. The van der Waals surface area contributed by atoms with Gasteiger partial charge in [-0.15, -0.1) is 12.4 Å². The van der Waals surface area contributed by atoms with E-state index in [1.165, 1.54) is 0 Å². The minimum Gasteiger partial charge on any atom is -0.334 e. The highest BCUT2D eigenvalue weighted by atomic mass is 35.5. The second-order valence-corrected chi connectivity index (χ2v) is 7.23. The van der Waals surface area contributed by atoms with Gasteiger partial charge in [-0.05, 0) is 46.2 Å². The van der Waals surface area contributed by atoms with Gasteiger partial charge >= 0.3 is 0 Å². The van der Waals surface area contributed by atoms with Crippen LogP contribution in [0.15, 0.2) is 11.2 Å². The lowest BCUT2D eigenvalue weighted by Gasteiger charge is -2.31. The van der Waals surface area contributed by atoms with E-state index in [0.717, 1.165) is 31.8 Å². The number of imidazole rings is 1. The molecule has 1 fully saturated rings. The molecule has 0 radical (unpaired) electrons. The molecule has 0 saturated carbocycles. The Labute approximate surface area is 133 Å². The van der Waals surface area contributed by atoms with Crippen LogP contribution in [-0.4, -0.2) is 49.0 Å². The van der Waals surface area contributed by atoms with E-state index in [0.29, 0.717) is 19.0 Å². The molecule has 2 heterocycles. The van der Waals surface area contributed by atoms with Crippen molar-refractivity contribution in [2.24, 2.45) is 5.92 Å². The van der Waals surface area contributed by atoms with Gasteiger partial charge in [0.15, 0.2) is 5.03 Å². The van der Waals surface area contributed by atoms with E-state index in [1.54, 1.807) is 10.5 Å². The molecule has 1 unspecified atom stereocenters. The SMILES string of the molecule is CCn1cc(S(=O)(=O)N2CCCC(CNC)C2)nc1C.Cl. The molecule has 1 saturated heterocycles. The Hall–Kier alpha value is -0.630. The summed E-state index contributed by atoms with van der Waals surface area (Å²) in [6, 6.07) is 0. The summed E-state index contributed by atoms with van der Waals surface area (Å²) in [6.07, 6.45) is 3.64. The minimum atomic E-state index is -3.45. The first-order valence-electron chi connectivity index (χ1n) is 7.17. The number of hydrogen-bond acceptors (Lipinski definition) is 4. The summed E-state index contributed by atoms with van der Waals surface area (Å²) in [5, 5.41) is 3.31. The van der Waals surface area contributed by atoms with E-state index >= 15 is 0 Å². The van der Waals surface area contributed by atoms with Crippen molar-refractivity contribution >= 4 is 22.4 Å². The van der Waals surface area contributed by atoms with Crippen molar-refractivity contribution in [2.45, 2.75) is 38.3 Å². The predicted octanol–water partition coefficient (Wildman–Crippen LogP) is 1.25. The Bertz CT molecular complexity index is 557. The number of hydrogen-bond donors (Lipinski definition) is 1. The maximum atomic E-state index is 12.6. The summed E-state index contributed by atoms with van der Waals surface area (Å²) in [6.45, 7) is 6.59. The zero-order valence-electron chi connectivity index (χ0n) is 12.9. The third kappa shape index (κ3) is 3.97. The quantitative estimate of drug-likeness (QED) is 0.879. The third-order valence-corrected chi connectivity index (χ3v) is 5.61. The molecular weight excluding hydrogens is 312 g/mol. The van der Waals surface area contributed by atoms with Crippen molar-refractivity contribution in [3.63, 3.8) is 0 Å². The summed E-state index contributed by atoms with van der Waals surface area (Å²) < 4.78 is 28.7. The van der Waals surface area contributed by atoms with Crippen molar-refractivity contribution in [3.05, 3.63) is 12.0 Å². The molecule has 21 heavy (non-hydrogen) atoms. The Kier molecular flexibility index (Phi) is 6.65. The highest BCUT2D eigenvalue weighted by Crippen LogP contribution is 2.23. The largest absolute Gasteiger partial charge is 0.334 e. The molecule has 0 aromatic carbocycles. The van der Waals surface area contributed by atoms with Crippen LogP contribution in [0.4, 0.5) is 0 Å². The number of aromatic nitrogens is 2. The first-order chi connectivity index (χ1) is 9.48. The maximum absolute atomic E-state index is 12.6. The van der Waals surface area contributed by atoms with Crippen molar-refractivity contribution < 1.29 is 8.42 Å². The molecule has 1 aromatic heterocycles. The van der Waals surface area contributed by atoms with E-state index < -0.39 is 10.0 Å². The number of nitrogens with one attached hydrogen (secondary N) is 1. The minimum absolute atomic E-state index is 0. The van der Waals surface area contributed by atoms with Crippen LogP contribution in [0.2, 0.25) is 0 Å². The number of aryl methyl sites for hydroxylation is 2. The van der Waals surface area contributed by atoms with Crippen molar-refractivity contribution in [1.29, 1.82) is 0 Å². The number of piperidine rings is 1. The van der Waals surface area contributed by atoms with Gasteiger partial charge in [0.25, 0.3) is 10.0 Å². The molecule has 0 amide bonds. The second-order valence-electron chi connectivity index (χ2n) is 5.34. The van der Waals surface area contributed by atoms with Gasteiger partial charge in [-0.25, -0.2) is 13.4 Å². The van der Waals surface area contributed by atoms with Crippen LogP contribution in [0, 0.1) is 12.8 Å². The smallest absolute Gasteiger partial charge is 0.262 e. The van der Waals surface area contributed by atoms with Gasteiger partial charge in [0.1, 0.15) is 5.82 Å². The first kappa shape index (κ1) is 18.4. The summed E-state index contributed by atoms with van der Waals surface area (Å²) in [7, 11) is -1.55. The van der Waals surface area contributed by atoms with Gasteiger partial charge in [-0.1, -0.05) is 0 Å². The average molecular weight is 337 g/mol. The van der Waals surface area contributed by atoms with Gasteiger partial charge in [0.2, 0.25) is 0 Å². The molecule has 2 rings (SSSR count). The van der Waals surface area contributed by atoms with Gasteiger partial charge in [0.05, 0.1) is 0 Å². The predicted molar refractivity (Wildman–Crippen MR) is 85.3 cm³/mol. The van der Waals surface area contributed by atoms with Gasteiger partial charge in [-0.3, -0.25) is 0 Å². The highest BCUT2D eigenvalue weighted by Gasteiger charge is 2.31. The van der Waals surface area contributed by atoms with Crippen molar-refractivity contribution in [2.75, 3.05) is 26.7 Å². The van der Waals surface area contributed by atoms with Crippen LogP contribution in [0.1, 0.15) is 25.6 Å². The molecule has 0 bridgehead atoms. The fraction of sp³-hybridized carbons (Fsp3) is 0.769. The Balaban J connectivity index is 0.00000220. The Morgan fingerprint density at radius 1 is 1.48 bits per heavy atom. The van der Waals surface area contributed by atoms with Crippen LogP contribution in [0.3, 0.4) is 0 Å². The van der Waals surface area contributed by atoms with Gasteiger partial charge < -0.3 is 9.88 Å². The monoisotopic (exact) mass is 336 g/mol. The second kappa shape index (κ2) is 7.58. The van der Waals surface area contributed by atoms with Crippen molar-refractivity contribution in [1.82, 2.24) is 19.2 Å². The molecule has 6 nitrogen and oxygen atoms in total. The van der Waals surface area contributed by atoms with Gasteiger partial charge in [0, 0.05) is 25.8 Å². The molecule has 0 spiro atoms. The fourth-order valence-corrected chi connectivity index (χ4v) is 4.31. The Morgan fingerprint density at radius 2 is 2.19 bits per heavy atom. The van der Waals surface area contributed by atoms with Crippen LogP contribution < -0.4 is 5.32 Å². The molecule has 1 N–H and O–H groups in total. The summed E-state index contributed by atoms with van der Waals surface area (Å²) in [5.41, 5.74) is 0. The molecule has 1 aliphatic rings. The lowest BCUT2D eigenvalue weighted by Crippen LogP contribution is -2.42. The molecule has 1 aromatic rings. The van der Waals surface area contributed by atoms with E-state index in [1.807, 2.05) is 25.5 Å². The van der Waals surface area contributed by atoms with Crippen LogP contribution >= 0.6 is 12.4 Å². The van der Waals surface area contributed by atoms with E-state index in [2.05, 4.69) is 10.3 Å². The lowest BCUT2D eigenvalue weighted by atomic mass is 10.00. The third-order valence-electron chi connectivity index (χ3n) is 3.87. The van der Waals surface area contributed by atoms with Gasteiger partial charge in [-0.2, -0.15) is 4.31 Å². The number of halogens is 1. The van der Waals surface area contributed by atoms with Crippen LogP contribution in [0.5, 0.6) is 0 Å². The standard InChI is InChI=1S/C13H24N4O2S.ClH/c1-4-16-10-13(15-11(16)2)20(18,19)17-7-5-6-12(9-17)8-14-3;/h10,12,14H,4-9H2,1-3H3;1H. The number of nitrogens with zero attached hydrogens (tertiary/aromatic N) is 3. The molecule has 1 aliphatic heterocycles. The molecule has 0 aliphatic carbocycles. The highest BCUT2D eigenvalue weighted by molar-refractivity contribution is 7.89. The van der Waals surface area contributed by atoms with Crippen LogP contribution in [0.25, 0.3) is 0 Å². The first-order valence-corrected chi connectivity index (χ1v) is 8.61. The lowest BCUT2D eigenvalue weighted by molar-refractivity contribution is 0.263.